The van der Waals surface area contributed by atoms with Gasteiger partial charge < -0.3 is 19.6 Å². The minimum Gasteiger partial charge on any atom is -0.464 e. The molecule has 3 atom stereocenters. The van der Waals surface area contributed by atoms with Gasteiger partial charge in [0, 0.05) is 24.5 Å². The molecule has 1 N–H and O–H groups in total. The van der Waals surface area contributed by atoms with Crippen molar-refractivity contribution in [3.63, 3.8) is 0 Å². The van der Waals surface area contributed by atoms with E-state index in [4.69, 9.17) is 14.3 Å². The smallest absolute Gasteiger partial charge is 0.335 e. The lowest BCUT2D eigenvalue weighted by molar-refractivity contribution is -0.153. The lowest BCUT2D eigenvalue weighted by Gasteiger charge is -2.23. The summed E-state index contributed by atoms with van der Waals surface area (Å²) in [5, 5.41) is 6.57. The maximum Gasteiger partial charge on any atom is 0.335 e. The van der Waals surface area contributed by atoms with Gasteiger partial charge in [-0.25, -0.2) is 13.6 Å². The number of esters is 1. The summed E-state index contributed by atoms with van der Waals surface area (Å²) < 4.78 is 37.2. The minimum absolute atomic E-state index is 0.0416. The quantitative estimate of drug-likeness (QED) is 0.588. The van der Waals surface area contributed by atoms with Crippen molar-refractivity contribution >= 4 is 17.6 Å². The first-order valence-corrected chi connectivity index (χ1v) is 8.81. The van der Waals surface area contributed by atoms with E-state index in [1.807, 2.05) is 0 Å². The number of rotatable bonds is 6. The van der Waals surface area contributed by atoms with Gasteiger partial charge in [-0.05, 0) is 25.1 Å². The standard InChI is InChI=1S/C19H20F2N2O5/c1-3-19(9-15(23-28-19)11-5-12(20)7-13(21)6-11)18(25)22-14-8-16(27-10-14)17(24)26-4-2/h3,5-7,14,16H,1,4,8-10H2,2H3,(H,22,25)/t14?,16?,19-/m1/s1. The molecule has 0 spiro atoms. The second-order valence-electron chi connectivity index (χ2n) is 6.54. The van der Waals surface area contributed by atoms with Crippen LogP contribution in [0.15, 0.2) is 36.0 Å². The molecule has 0 aromatic heterocycles. The molecule has 28 heavy (non-hydrogen) atoms. The largest absolute Gasteiger partial charge is 0.464 e. The number of halogens is 2. The zero-order valence-corrected chi connectivity index (χ0v) is 15.2. The molecule has 1 aromatic rings. The number of amides is 1. The number of hydrogen-bond acceptors (Lipinski definition) is 6. The fourth-order valence-corrected chi connectivity index (χ4v) is 3.08. The summed E-state index contributed by atoms with van der Waals surface area (Å²) >= 11 is 0. The zero-order valence-electron chi connectivity index (χ0n) is 15.2. The van der Waals surface area contributed by atoms with Crippen LogP contribution in [-0.4, -0.2) is 48.5 Å². The highest BCUT2D eigenvalue weighted by atomic mass is 19.1. The molecule has 150 valence electrons. The van der Waals surface area contributed by atoms with E-state index in [9.17, 15) is 18.4 Å². The highest BCUT2D eigenvalue weighted by molar-refractivity contribution is 6.06. The second kappa shape index (κ2) is 8.05. The van der Waals surface area contributed by atoms with E-state index in [0.717, 1.165) is 18.2 Å². The molecule has 3 rings (SSSR count). The predicted molar refractivity (Wildman–Crippen MR) is 94.4 cm³/mol. The average molecular weight is 394 g/mol. The van der Waals surface area contributed by atoms with Gasteiger partial charge in [-0.2, -0.15) is 0 Å². The lowest BCUT2D eigenvalue weighted by atomic mass is 9.92. The Morgan fingerprint density at radius 1 is 1.39 bits per heavy atom. The molecule has 0 radical (unpaired) electrons. The van der Waals surface area contributed by atoms with Gasteiger partial charge >= 0.3 is 5.97 Å². The van der Waals surface area contributed by atoms with E-state index in [0.29, 0.717) is 0 Å². The van der Waals surface area contributed by atoms with Crippen molar-refractivity contribution in [1.29, 1.82) is 0 Å². The molecular formula is C19H20F2N2O5. The third-order valence-electron chi connectivity index (χ3n) is 4.54. The van der Waals surface area contributed by atoms with E-state index in [1.165, 1.54) is 6.08 Å². The topological polar surface area (TPSA) is 86.2 Å². The Hall–Kier alpha value is -2.81. The number of nitrogens with one attached hydrogen (secondary N) is 1. The van der Waals surface area contributed by atoms with E-state index >= 15 is 0 Å². The van der Waals surface area contributed by atoms with E-state index < -0.39 is 41.3 Å². The van der Waals surface area contributed by atoms with Crippen LogP contribution in [0.5, 0.6) is 0 Å². The summed E-state index contributed by atoms with van der Waals surface area (Å²) in [7, 11) is 0. The fraction of sp³-hybridized carbons (Fsp3) is 0.421. The number of ether oxygens (including phenoxy) is 2. The van der Waals surface area contributed by atoms with Crippen LogP contribution in [0.25, 0.3) is 0 Å². The number of oxime groups is 1. The SMILES string of the molecule is C=C[C@]1(C(=O)NC2COC(C(=O)OCC)C2)CC(c2cc(F)cc(F)c2)=NO1. The monoisotopic (exact) mass is 394 g/mol. The molecule has 0 bridgehead atoms. The third kappa shape index (κ3) is 4.04. The summed E-state index contributed by atoms with van der Waals surface area (Å²) in [5.41, 5.74) is -1.11. The van der Waals surface area contributed by atoms with Gasteiger partial charge in [0.05, 0.1) is 25.0 Å². The van der Waals surface area contributed by atoms with Gasteiger partial charge in [-0.1, -0.05) is 11.7 Å². The number of benzene rings is 1. The van der Waals surface area contributed by atoms with Crippen LogP contribution in [0, 0.1) is 11.6 Å². The Kier molecular flexibility index (Phi) is 5.73. The predicted octanol–water partition coefficient (Wildman–Crippen LogP) is 1.85. The molecule has 1 saturated heterocycles. The van der Waals surface area contributed by atoms with Gasteiger partial charge in [-0.3, -0.25) is 4.79 Å². The first-order valence-electron chi connectivity index (χ1n) is 8.81. The maximum atomic E-state index is 13.5. The molecule has 1 amide bonds. The number of carbonyl (C=O) groups is 2. The normalized spacial score (nSPS) is 26.3. The van der Waals surface area contributed by atoms with Crippen LogP contribution in [0.4, 0.5) is 8.78 Å². The Morgan fingerprint density at radius 2 is 2.11 bits per heavy atom. The van der Waals surface area contributed by atoms with Crippen LogP contribution >= 0.6 is 0 Å². The van der Waals surface area contributed by atoms with E-state index in [2.05, 4.69) is 17.1 Å². The molecule has 0 saturated carbocycles. The molecule has 7 nitrogen and oxygen atoms in total. The molecule has 2 aliphatic rings. The van der Waals surface area contributed by atoms with Crippen molar-refractivity contribution in [3.05, 3.63) is 48.1 Å². The summed E-state index contributed by atoms with van der Waals surface area (Å²) in [6.45, 7) is 5.71. The van der Waals surface area contributed by atoms with Crippen molar-refractivity contribution in [2.45, 2.75) is 37.5 Å². The fourth-order valence-electron chi connectivity index (χ4n) is 3.08. The molecule has 2 heterocycles. The molecular weight excluding hydrogens is 374 g/mol. The van der Waals surface area contributed by atoms with Crippen LogP contribution in [0.3, 0.4) is 0 Å². The Labute approximate surface area is 160 Å². The first kappa shape index (κ1) is 19.9. The van der Waals surface area contributed by atoms with Gasteiger partial charge in [0.2, 0.25) is 5.60 Å². The molecule has 1 aromatic carbocycles. The molecule has 0 aliphatic carbocycles. The van der Waals surface area contributed by atoms with Gasteiger partial charge in [0.25, 0.3) is 5.91 Å². The minimum atomic E-state index is -1.51. The summed E-state index contributed by atoms with van der Waals surface area (Å²) in [5.74, 6) is -2.53. The van der Waals surface area contributed by atoms with Crippen molar-refractivity contribution in [3.8, 4) is 0 Å². The van der Waals surface area contributed by atoms with E-state index in [1.54, 1.807) is 6.92 Å². The second-order valence-corrected chi connectivity index (χ2v) is 6.54. The van der Waals surface area contributed by atoms with E-state index in [-0.39, 0.29) is 37.3 Å². The van der Waals surface area contributed by atoms with Crippen molar-refractivity contribution < 1.29 is 32.7 Å². The van der Waals surface area contributed by atoms with Crippen molar-refractivity contribution in [2.75, 3.05) is 13.2 Å². The highest BCUT2D eigenvalue weighted by Crippen LogP contribution is 2.29. The number of hydrogen-bond donors (Lipinski definition) is 1. The maximum absolute atomic E-state index is 13.5. The molecule has 2 unspecified atom stereocenters. The summed E-state index contributed by atoms with van der Waals surface area (Å²) in [6, 6.07) is 2.54. The highest BCUT2D eigenvalue weighted by Gasteiger charge is 2.46. The molecule has 2 aliphatic heterocycles. The number of nitrogens with zero attached hydrogens (tertiary/aromatic N) is 1. The van der Waals surface area contributed by atoms with Gasteiger partial charge in [0.1, 0.15) is 11.6 Å². The van der Waals surface area contributed by atoms with Crippen LogP contribution in [-0.2, 0) is 23.9 Å². The van der Waals surface area contributed by atoms with Crippen LogP contribution in [0.1, 0.15) is 25.3 Å². The Balaban J connectivity index is 1.65. The van der Waals surface area contributed by atoms with Gasteiger partial charge in [0.15, 0.2) is 6.10 Å². The zero-order chi connectivity index (χ0) is 20.3. The van der Waals surface area contributed by atoms with Crippen LogP contribution < -0.4 is 5.32 Å². The average Bonchev–Trinajstić information content (AvgIpc) is 3.29. The first-order chi connectivity index (χ1) is 13.4. The molecule has 9 heteroatoms. The van der Waals surface area contributed by atoms with Crippen LogP contribution in [0.2, 0.25) is 0 Å². The summed E-state index contributed by atoms with van der Waals surface area (Å²) in [4.78, 5) is 29.8. The Bertz CT molecular complexity index is 808. The van der Waals surface area contributed by atoms with Gasteiger partial charge in [-0.15, -0.1) is 0 Å². The number of carbonyl (C=O) groups excluding carboxylic acids is 2. The third-order valence-corrected chi connectivity index (χ3v) is 4.54. The summed E-state index contributed by atoms with van der Waals surface area (Å²) in [6.07, 6.45) is 0.768. The molecule has 1 fully saturated rings. The lowest BCUT2D eigenvalue weighted by Crippen LogP contribution is -2.49. The van der Waals surface area contributed by atoms with Crippen molar-refractivity contribution in [1.82, 2.24) is 5.32 Å². The Morgan fingerprint density at radius 3 is 2.75 bits per heavy atom. The van der Waals surface area contributed by atoms with Crippen molar-refractivity contribution in [2.24, 2.45) is 5.16 Å².